The summed E-state index contributed by atoms with van der Waals surface area (Å²) < 4.78 is 5.51. The maximum absolute atomic E-state index is 11.6. The number of nitrogens with one attached hydrogen (secondary N) is 1. The zero-order chi connectivity index (χ0) is 12.9. The summed E-state index contributed by atoms with van der Waals surface area (Å²) in [5.41, 5.74) is 0.863. The predicted molar refractivity (Wildman–Crippen MR) is 69.1 cm³/mol. The fourth-order valence-corrected chi connectivity index (χ4v) is 1.23. The molecule has 3 heteroatoms. The third-order valence-corrected chi connectivity index (χ3v) is 2.36. The van der Waals surface area contributed by atoms with Crippen LogP contribution in [-0.4, -0.2) is 19.1 Å². The first-order valence-corrected chi connectivity index (χ1v) is 5.87. The Morgan fingerprint density at radius 1 is 1.24 bits per heavy atom. The van der Waals surface area contributed by atoms with Gasteiger partial charge in [-0.2, -0.15) is 0 Å². The third kappa shape index (κ3) is 4.89. The monoisotopic (exact) mass is 235 g/mol. The van der Waals surface area contributed by atoms with Gasteiger partial charge in [0, 0.05) is 5.41 Å². The van der Waals surface area contributed by atoms with Crippen LogP contribution < -0.4 is 10.1 Å². The molecule has 0 radical (unpaired) electrons. The van der Waals surface area contributed by atoms with E-state index >= 15 is 0 Å². The van der Waals surface area contributed by atoms with Crippen LogP contribution in [0.3, 0.4) is 0 Å². The Labute approximate surface area is 103 Å². The van der Waals surface area contributed by atoms with E-state index in [1.54, 1.807) is 0 Å². The number of carbonyl (C=O) groups excluding carboxylic acids is 1. The molecule has 0 heterocycles. The Balaban J connectivity index is 2.25. The normalized spacial score (nSPS) is 11.1. The Bertz CT molecular complexity index is 363. The first-order chi connectivity index (χ1) is 7.89. The summed E-state index contributed by atoms with van der Waals surface area (Å²) in [6.45, 7) is 8.73. The van der Waals surface area contributed by atoms with Gasteiger partial charge >= 0.3 is 0 Å². The van der Waals surface area contributed by atoms with Gasteiger partial charge in [-0.1, -0.05) is 38.5 Å². The quantitative estimate of drug-likeness (QED) is 0.814. The van der Waals surface area contributed by atoms with Gasteiger partial charge < -0.3 is 10.1 Å². The Kier molecular flexibility index (Phi) is 4.55. The molecule has 0 atom stereocenters. The van der Waals surface area contributed by atoms with Crippen LogP contribution in [0.1, 0.15) is 26.3 Å². The second-order valence-corrected chi connectivity index (χ2v) is 5.17. The van der Waals surface area contributed by atoms with Gasteiger partial charge in [-0.25, -0.2) is 0 Å². The Hall–Kier alpha value is -1.51. The lowest BCUT2D eigenvalue weighted by Crippen LogP contribution is -2.37. The summed E-state index contributed by atoms with van der Waals surface area (Å²) in [6, 6.07) is 7.87. The summed E-state index contributed by atoms with van der Waals surface area (Å²) in [6.07, 6.45) is 0. The van der Waals surface area contributed by atoms with Crippen molar-refractivity contribution in [3.8, 4) is 5.75 Å². The van der Waals surface area contributed by atoms with Crippen LogP contribution in [0.25, 0.3) is 0 Å². The number of amides is 1. The van der Waals surface area contributed by atoms with Crippen molar-refractivity contribution in [1.82, 2.24) is 5.32 Å². The second-order valence-electron chi connectivity index (χ2n) is 5.17. The molecule has 1 aromatic carbocycles. The number of aryl methyl sites for hydroxylation is 1. The minimum Gasteiger partial charge on any atom is -0.492 e. The molecule has 94 valence electrons. The van der Waals surface area contributed by atoms with E-state index in [4.69, 9.17) is 4.74 Å². The maximum Gasteiger partial charge on any atom is 0.225 e. The van der Waals surface area contributed by atoms with Crippen LogP contribution in [0.5, 0.6) is 5.75 Å². The summed E-state index contributed by atoms with van der Waals surface area (Å²) in [5, 5.41) is 2.84. The van der Waals surface area contributed by atoms with Gasteiger partial charge in [-0.15, -0.1) is 0 Å². The molecule has 0 aliphatic heterocycles. The molecular formula is C14H21NO2. The minimum atomic E-state index is -0.343. The molecule has 0 bridgehead atoms. The molecule has 1 N–H and O–H groups in total. The van der Waals surface area contributed by atoms with E-state index in [1.165, 1.54) is 5.56 Å². The van der Waals surface area contributed by atoms with E-state index < -0.39 is 0 Å². The van der Waals surface area contributed by atoms with Crippen LogP contribution in [0.4, 0.5) is 0 Å². The molecule has 0 fully saturated rings. The van der Waals surface area contributed by atoms with Crippen molar-refractivity contribution >= 4 is 5.91 Å². The molecule has 0 unspecified atom stereocenters. The minimum absolute atomic E-state index is 0.0463. The van der Waals surface area contributed by atoms with Gasteiger partial charge in [0.15, 0.2) is 0 Å². The molecule has 17 heavy (non-hydrogen) atoms. The average Bonchev–Trinajstić information content (AvgIpc) is 2.25. The molecule has 0 saturated carbocycles. The van der Waals surface area contributed by atoms with Gasteiger partial charge in [-0.3, -0.25) is 4.79 Å². The summed E-state index contributed by atoms with van der Waals surface area (Å²) in [5.74, 6) is 0.880. The van der Waals surface area contributed by atoms with Crippen LogP contribution in [-0.2, 0) is 4.79 Å². The van der Waals surface area contributed by atoms with E-state index in [9.17, 15) is 4.79 Å². The predicted octanol–water partition coefficient (Wildman–Crippen LogP) is 2.54. The number of carbonyl (C=O) groups is 1. The van der Waals surface area contributed by atoms with E-state index in [1.807, 2.05) is 52.0 Å². The lowest BCUT2D eigenvalue weighted by atomic mass is 9.96. The number of ether oxygens (including phenoxy) is 1. The zero-order valence-corrected chi connectivity index (χ0v) is 11.0. The van der Waals surface area contributed by atoms with Crippen molar-refractivity contribution in [2.75, 3.05) is 13.2 Å². The molecule has 0 aliphatic carbocycles. The van der Waals surface area contributed by atoms with Crippen LogP contribution in [0, 0.1) is 12.3 Å². The van der Waals surface area contributed by atoms with E-state index in [2.05, 4.69) is 5.32 Å². The fraction of sp³-hybridized carbons (Fsp3) is 0.500. The largest absolute Gasteiger partial charge is 0.492 e. The van der Waals surface area contributed by atoms with Crippen molar-refractivity contribution in [3.05, 3.63) is 29.8 Å². The smallest absolute Gasteiger partial charge is 0.225 e. The van der Waals surface area contributed by atoms with Gasteiger partial charge in [-0.05, 0) is 19.1 Å². The third-order valence-electron chi connectivity index (χ3n) is 2.36. The maximum atomic E-state index is 11.6. The van der Waals surface area contributed by atoms with Crippen LogP contribution in [0.2, 0.25) is 0 Å². The van der Waals surface area contributed by atoms with Gasteiger partial charge in [0.1, 0.15) is 12.4 Å². The van der Waals surface area contributed by atoms with Crippen molar-refractivity contribution in [1.29, 1.82) is 0 Å². The molecule has 0 aliphatic rings. The van der Waals surface area contributed by atoms with E-state index in [0.717, 1.165) is 5.75 Å². The van der Waals surface area contributed by atoms with Crippen molar-refractivity contribution < 1.29 is 9.53 Å². The SMILES string of the molecule is Cc1ccc(OCCNC(=O)C(C)(C)C)cc1. The van der Waals surface area contributed by atoms with Gasteiger partial charge in [0.2, 0.25) is 5.91 Å². The van der Waals surface area contributed by atoms with E-state index in [0.29, 0.717) is 13.2 Å². The van der Waals surface area contributed by atoms with Gasteiger partial charge in [0.25, 0.3) is 0 Å². The van der Waals surface area contributed by atoms with Crippen LogP contribution >= 0.6 is 0 Å². The highest BCUT2D eigenvalue weighted by atomic mass is 16.5. The molecule has 3 nitrogen and oxygen atoms in total. The first kappa shape index (κ1) is 13.6. The Morgan fingerprint density at radius 2 is 1.82 bits per heavy atom. The molecule has 1 rings (SSSR count). The summed E-state index contributed by atoms with van der Waals surface area (Å²) in [7, 11) is 0. The lowest BCUT2D eigenvalue weighted by Gasteiger charge is -2.17. The zero-order valence-electron chi connectivity index (χ0n) is 11.0. The highest BCUT2D eigenvalue weighted by Crippen LogP contribution is 2.12. The average molecular weight is 235 g/mol. The lowest BCUT2D eigenvalue weighted by molar-refractivity contribution is -0.128. The van der Waals surface area contributed by atoms with E-state index in [-0.39, 0.29) is 11.3 Å². The molecule has 1 aromatic rings. The van der Waals surface area contributed by atoms with Crippen molar-refractivity contribution in [3.63, 3.8) is 0 Å². The molecular weight excluding hydrogens is 214 g/mol. The standard InChI is InChI=1S/C14H21NO2/c1-11-5-7-12(8-6-11)17-10-9-15-13(16)14(2,3)4/h5-8H,9-10H2,1-4H3,(H,15,16). The molecule has 0 aromatic heterocycles. The molecule has 1 amide bonds. The van der Waals surface area contributed by atoms with Crippen molar-refractivity contribution in [2.24, 2.45) is 5.41 Å². The number of benzene rings is 1. The molecule has 0 spiro atoms. The number of hydrogen-bond donors (Lipinski definition) is 1. The fourth-order valence-electron chi connectivity index (χ4n) is 1.23. The highest BCUT2D eigenvalue weighted by Gasteiger charge is 2.20. The number of hydrogen-bond acceptors (Lipinski definition) is 2. The van der Waals surface area contributed by atoms with Crippen molar-refractivity contribution in [2.45, 2.75) is 27.7 Å². The topological polar surface area (TPSA) is 38.3 Å². The highest BCUT2D eigenvalue weighted by molar-refractivity contribution is 5.81. The molecule has 0 saturated heterocycles. The first-order valence-electron chi connectivity index (χ1n) is 5.87. The summed E-state index contributed by atoms with van der Waals surface area (Å²) >= 11 is 0. The number of rotatable bonds is 4. The van der Waals surface area contributed by atoms with Gasteiger partial charge in [0.05, 0.1) is 6.54 Å². The summed E-state index contributed by atoms with van der Waals surface area (Å²) in [4.78, 5) is 11.6. The second kappa shape index (κ2) is 5.71. The van der Waals surface area contributed by atoms with Crippen LogP contribution in [0.15, 0.2) is 24.3 Å². The Morgan fingerprint density at radius 3 is 2.35 bits per heavy atom.